The Kier molecular flexibility index (Phi) is 5.68. The number of hydrogen-bond acceptors (Lipinski definition) is 2. The van der Waals surface area contributed by atoms with Crippen LogP contribution in [-0.4, -0.2) is 27.3 Å². The average molecular weight is 323 g/mol. The van der Waals surface area contributed by atoms with Crippen molar-refractivity contribution in [2.45, 2.75) is 37.9 Å². The number of unbranched alkanes of at least 4 members (excludes halogenated alkanes) is 1. The van der Waals surface area contributed by atoms with Gasteiger partial charge in [-0.3, -0.25) is 0 Å². The molecule has 0 bridgehead atoms. The molecule has 0 N–H and O–H groups in total. The first-order valence-corrected chi connectivity index (χ1v) is 8.88. The Balaban J connectivity index is 1.57. The van der Waals surface area contributed by atoms with Crippen LogP contribution in [0.1, 0.15) is 32.6 Å². The third-order valence-electron chi connectivity index (χ3n) is 3.24. The van der Waals surface area contributed by atoms with Crippen molar-refractivity contribution in [2.24, 2.45) is 0 Å². The summed E-state index contributed by atoms with van der Waals surface area (Å²) in [5.74, 6) is 1.18. The van der Waals surface area contributed by atoms with E-state index in [1.807, 2.05) is 6.92 Å². The third-order valence-corrected chi connectivity index (χ3v) is 5.55. The Morgan fingerprint density at radius 3 is 2.63 bits per heavy atom. The molecule has 0 saturated heterocycles. The van der Waals surface area contributed by atoms with Crippen molar-refractivity contribution in [1.29, 1.82) is 0 Å². The van der Waals surface area contributed by atoms with Gasteiger partial charge in [-0.2, -0.15) is 0 Å². The fourth-order valence-corrected chi connectivity index (χ4v) is 4.00. The summed E-state index contributed by atoms with van der Waals surface area (Å²) in [5, 5.41) is 1.26. The minimum atomic E-state index is 0.252. The second-order valence-corrected chi connectivity index (χ2v) is 7.14. The molecule has 0 unspecified atom stereocenters. The molecule has 1 aliphatic rings. The summed E-state index contributed by atoms with van der Waals surface area (Å²) in [4.78, 5) is 11.3. The van der Waals surface area contributed by atoms with Gasteiger partial charge in [0, 0.05) is 0 Å². The van der Waals surface area contributed by atoms with Crippen molar-refractivity contribution >= 4 is 25.2 Å². The van der Waals surface area contributed by atoms with Crippen molar-refractivity contribution in [2.75, 3.05) is 6.61 Å². The van der Waals surface area contributed by atoms with Crippen molar-refractivity contribution in [3.63, 3.8) is 0 Å². The number of carbonyl (C=O) groups is 1. The number of allylic oxidation sites excluding steroid dienone is 2. The van der Waals surface area contributed by atoms with Crippen LogP contribution in [0.25, 0.3) is 0 Å². The fourth-order valence-electron chi connectivity index (χ4n) is 2.04. The molecule has 0 amide bonds. The van der Waals surface area contributed by atoms with E-state index in [2.05, 4.69) is 30.3 Å². The number of benzene rings is 1. The summed E-state index contributed by atoms with van der Waals surface area (Å²) in [6, 6.07) is 10.7. The van der Waals surface area contributed by atoms with Gasteiger partial charge in [-0.25, -0.2) is 0 Å². The molecule has 0 heterocycles. The molecule has 0 spiro atoms. The molecular weight excluding hydrogens is 303 g/mol. The molecule has 2 nitrogen and oxygen atoms in total. The Morgan fingerprint density at radius 2 is 1.95 bits per heavy atom. The number of ketones is 1. The predicted octanol–water partition coefficient (Wildman–Crippen LogP) is 2.87. The van der Waals surface area contributed by atoms with E-state index in [0.717, 1.165) is 30.8 Å². The van der Waals surface area contributed by atoms with Crippen LogP contribution in [0.2, 0.25) is 5.32 Å². The topological polar surface area (TPSA) is 26.3 Å². The number of rotatable bonds is 7. The maximum atomic E-state index is 11.3. The van der Waals surface area contributed by atoms with E-state index >= 15 is 0 Å². The molecule has 1 aromatic carbocycles. The maximum absolute atomic E-state index is 11.3. The zero-order chi connectivity index (χ0) is 13.5. The van der Waals surface area contributed by atoms with Crippen molar-refractivity contribution in [1.82, 2.24) is 0 Å². The first kappa shape index (κ1) is 14.4. The molecule has 2 rings (SSSR count). The van der Waals surface area contributed by atoms with E-state index in [1.54, 1.807) is 0 Å². The van der Waals surface area contributed by atoms with Gasteiger partial charge in [0.2, 0.25) is 0 Å². The monoisotopic (exact) mass is 324 g/mol. The molecule has 19 heavy (non-hydrogen) atoms. The Morgan fingerprint density at radius 1 is 1.16 bits per heavy atom. The summed E-state index contributed by atoms with van der Waals surface area (Å²) < 4.78 is 7.17. The molecule has 0 radical (unpaired) electrons. The van der Waals surface area contributed by atoms with Crippen molar-refractivity contribution in [3.05, 3.63) is 41.7 Å². The SMILES string of the molecule is CC1=C(OCCCC[Se]c2ccccc2)CCC1=O. The van der Waals surface area contributed by atoms with E-state index in [1.165, 1.54) is 16.2 Å². The average Bonchev–Trinajstić information content (AvgIpc) is 2.75. The van der Waals surface area contributed by atoms with Crippen molar-refractivity contribution in [3.8, 4) is 0 Å². The minimum absolute atomic E-state index is 0.252. The molecule has 102 valence electrons. The number of ether oxygens (including phenoxy) is 1. The quantitative estimate of drug-likeness (QED) is 0.570. The first-order valence-electron chi connectivity index (χ1n) is 6.81. The van der Waals surface area contributed by atoms with Crippen LogP contribution in [0, 0.1) is 0 Å². The summed E-state index contributed by atoms with van der Waals surface area (Å²) in [6.45, 7) is 2.63. The van der Waals surface area contributed by atoms with E-state index in [0.29, 0.717) is 21.4 Å². The van der Waals surface area contributed by atoms with E-state index < -0.39 is 0 Å². The molecule has 0 fully saturated rings. The van der Waals surface area contributed by atoms with Gasteiger partial charge in [0.15, 0.2) is 0 Å². The second kappa shape index (κ2) is 7.52. The Labute approximate surface area is 121 Å². The van der Waals surface area contributed by atoms with Gasteiger partial charge in [0.1, 0.15) is 0 Å². The van der Waals surface area contributed by atoms with E-state index in [9.17, 15) is 4.79 Å². The molecule has 0 saturated carbocycles. The molecular formula is C16H20O2Se. The van der Waals surface area contributed by atoms with Crippen LogP contribution < -0.4 is 4.46 Å². The van der Waals surface area contributed by atoms with Crippen LogP contribution in [-0.2, 0) is 9.53 Å². The van der Waals surface area contributed by atoms with Gasteiger partial charge in [0.05, 0.1) is 0 Å². The molecule has 1 aliphatic carbocycles. The molecule has 0 aliphatic heterocycles. The Hall–Kier alpha value is -1.05. The summed E-state index contributed by atoms with van der Waals surface area (Å²) in [7, 11) is 0. The third kappa shape index (κ3) is 4.52. The molecule has 0 aromatic heterocycles. The van der Waals surface area contributed by atoms with Crippen LogP contribution in [0.4, 0.5) is 0 Å². The standard InChI is InChI=1S/C16H20O2Se/c1-13-15(17)9-10-16(13)18-11-5-6-12-19-14-7-3-2-4-8-14/h2-4,7-8H,5-6,9-12H2,1H3. The fraction of sp³-hybridized carbons (Fsp3) is 0.438. The van der Waals surface area contributed by atoms with Crippen LogP contribution in [0.3, 0.4) is 0 Å². The second-order valence-electron chi connectivity index (χ2n) is 4.69. The van der Waals surface area contributed by atoms with E-state index in [4.69, 9.17) is 4.74 Å². The molecule has 0 atom stereocenters. The number of carbonyl (C=O) groups excluding carboxylic acids is 1. The van der Waals surface area contributed by atoms with Crippen molar-refractivity contribution < 1.29 is 9.53 Å². The van der Waals surface area contributed by atoms with Gasteiger partial charge < -0.3 is 0 Å². The van der Waals surface area contributed by atoms with Crippen LogP contribution in [0.15, 0.2) is 41.7 Å². The first-order chi connectivity index (χ1) is 9.27. The zero-order valence-corrected chi connectivity index (χ0v) is 13.1. The van der Waals surface area contributed by atoms with Gasteiger partial charge >= 0.3 is 121 Å². The Bertz CT molecular complexity index is 451. The molecule has 1 aromatic rings. The molecule has 3 heteroatoms. The van der Waals surface area contributed by atoms with Gasteiger partial charge in [0.25, 0.3) is 0 Å². The number of Topliss-reactive ketones (excluding diaryl/α,β-unsaturated/α-hetero) is 1. The summed E-state index contributed by atoms with van der Waals surface area (Å²) in [6.07, 6.45) is 3.73. The van der Waals surface area contributed by atoms with E-state index in [-0.39, 0.29) is 5.78 Å². The van der Waals surface area contributed by atoms with Gasteiger partial charge in [-0.1, -0.05) is 0 Å². The van der Waals surface area contributed by atoms with Gasteiger partial charge in [-0.05, 0) is 0 Å². The zero-order valence-electron chi connectivity index (χ0n) is 11.4. The number of hydrogen-bond donors (Lipinski definition) is 0. The van der Waals surface area contributed by atoms with Crippen LogP contribution in [0.5, 0.6) is 0 Å². The summed E-state index contributed by atoms with van der Waals surface area (Å²) in [5.41, 5.74) is 0.841. The van der Waals surface area contributed by atoms with Crippen LogP contribution >= 0.6 is 0 Å². The normalized spacial score (nSPS) is 15.1. The van der Waals surface area contributed by atoms with Gasteiger partial charge in [-0.15, -0.1) is 0 Å². The summed E-state index contributed by atoms with van der Waals surface area (Å²) >= 11 is 0.583. The predicted molar refractivity (Wildman–Crippen MR) is 78.8 cm³/mol.